The van der Waals surface area contributed by atoms with Crippen LogP contribution in [0.5, 0.6) is 0 Å². The molecule has 114 valence electrons. The van der Waals surface area contributed by atoms with Crippen molar-refractivity contribution in [2.75, 3.05) is 37.6 Å². The summed E-state index contributed by atoms with van der Waals surface area (Å²) >= 11 is 0. The van der Waals surface area contributed by atoms with Crippen LogP contribution in [0.15, 0.2) is 18.2 Å². The summed E-state index contributed by atoms with van der Waals surface area (Å²) in [7, 11) is 0. The maximum atomic E-state index is 10.9. The minimum atomic E-state index is -0.785. The van der Waals surface area contributed by atoms with E-state index in [1.54, 1.807) is 12.1 Å². The number of nitro groups is 1. The van der Waals surface area contributed by atoms with Crippen molar-refractivity contribution < 1.29 is 14.8 Å². The van der Waals surface area contributed by atoms with Gasteiger partial charge in [0.1, 0.15) is 0 Å². The molecular weight excluding hydrogens is 274 g/mol. The molecule has 1 aliphatic rings. The van der Waals surface area contributed by atoms with Crippen molar-refractivity contribution in [2.45, 2.75) is 13.3 Å². The van der Waals surface area contributed by atoms with Gasteiger partial charge in [-0.2, -0.15) is 0 Å². The minimum Gasteiger partial charge on any atom is -0.481 e. The van der Waals surface area contributed by atoms with Crippen LogP contribution in [-0.2, 0) is 4.79 Å². The first-order valence-corrected chi connectivity index (χ1v) is 6.91. The molecule has 7 heteroatoms. The fourth-order valence-corrected chi connectivity index (χ4v) is 2.51. The largest absolute Gasteiger partial charge is 0.481 e. The van der Waals surface area contributed by atoms with Gasteiger partial charge in [-0.05, 0) is 18.6 Å². The third-order valence-corrected chi connectivity index (χ3v) is 3.64. The predicted molar refractivity (Wildman–Crippen MR) is 78.7 cm³/mol. The molecule has 0 unspecified atom stereocenters. The number of rotatable bonds is 5. The maximum absolute atomic E-state index is 10.9. The summed E-state index contributed by atoms with van der Waals surface area (Å²) in [5.41, 5.74) is 1.84. The van der Waals surface area contributed by atoms with Gasteiger partial charge >= 0.3 is 5.97 Å². The van der Waals surface area contributed by atoms with Crippen molar-refractivity contribution >= 4 is 17.3 Å². The molecular formula is C14H19N3O4. The number of aryl methyl sites for hydroxylation is 1. The normalized spacial score (nSPS) is 16.0. The second kappa shape index (κ2) is 6.53. The van der Waals surface area contributed by atoms with Crippen molar-refractivity contribution in [3.8, 4) is 0 Å². The molecule has 0 bridgehead atoms. The highest BCUT2D eigenvalue weighted by Crippen LogP contribution is 2.24. The van der Waals surface area contributed by atoms with Gasteiger partial charge in [0.2, 0.25) is 0 Å². The molecule has 1 aromatic rings. The number of nitrogens with zero attached hydrogens (tertiary/aromatic N) is 3. The van der Waals surface area contributed by atoms with Gasteiger partial charge in [0.05, 0.1) is 11.3 Å². The van der Waals surface area contributed by atoms with Gasteiger partial charge in [0.25, 0.3) is 5.69 Å². The van der Waals surface area contributed by atoms with E-state index in [9.17, 15) is 14.9 Å². The number of hydrogen-bond acceptors (Lipinski definition) is 5. The van der Waals surface area contributed by atoms with Crippen molar-refractivity contribution in [3.05, 3.63) is 33.9 Å². The fourth-order valence-electron chi connectivity index (χ4n) is 2.51. The molecule has 0 saturated carbocycles. The van der Waals surface area contributed by atoms with E-state index in [4.69, 9.17) is 5.11 Å². The highest BCUT2D eigenvalue weighted by Gasteiger charge is 2.19. The standard InChI is InChI=1S/C14H19N3O4/c1-11-8-12(10-13(9-11)17(20)21)16-6-4-15(5-7-16)3-2-14(18)19/h8-10H,2-7H2,1H3,(H,18,19). The van der Waals surface area contributed by atoms with Gasteiger partial charge in [-0.25, -0.2) is 0 Å². The number of carbonyl (C=O) groups is 1. The van der Waals surface area contributed by atoms with Gasteiger partial charge in [0, 0.05) is 50.5 Å². The fraction of sp³-hybridized carbons (Fsp3) is 0.500. The molecule has 1 heterocycles. The summed E-state index contributed by atoms with van der Waals surface area (Å²) in [5.74, 6) is -0.785. The van der Waals surface area contributed by atoms with E-state index in [2.05, 4.69) is 9.80 Å². The zero-order valence-electron chi connectivity index (χ0n) is 12.0. The molecule has 0 spiro atoms. The van der Waals surface area contributed by atoms with E-state index < -0.39 is 5.97 Å². The number of piperazine rings is 1. The Labute approximate surface area is 122 Å². The van der Waals surface area contributed by atoms with Crippen LogP contribution in [0.2, 0.25) is 0 Å². The summed E-state index contributed by atoms with van der Waals surface area (Å²) in [6.45, 7) is 5.45. The Bertz CT molecular complexity index is 539. The van der Waals surface area contributed by atoms with Crippen LogP contribution in [0.4, 0.5) is 11.4 Å². The van der Waals surface area contributed by atoms with Crippen LogP contribution >= 0.6 is 0 Å². The summed E-state index contributed by atoms with van der Waals surface area (Å²) in [6.07, 6.45) is 0.149. The Balaban J connectivity index is 1.99. The number of hydrogen-bond donors (Lipinski definition) is 1. The lowest BCUT2D eigenvalue weighted by molar-refractivity contribution is -0.384. The third kappa shape index (κ3) is 4.16. The topological polar surface area (TPSA) is 86.9 Å². The Hall–Kier alpha value is -2.15. The summed E-state index contributed by atoms with van der Waals surface area (Å²) in [5, 5.41) is 19.6. The number of carboxylic acids is 1. The first-order chi connectivity index (χ1) is 9.95. The molecule has 7 nitrogen and oxygen atoms in total. The van der Waals surface area contributed by atoms with Crippen LogP contribution < -0.4 is 4.90 Å². The van der Waals surface area contributed by atoms with Crippen LogP contribution in [0, 0.1) is 17.0 Å². The van der Waals surface area contributed by atoms with E-state index in [-0.39, 0.29) is 17.0 Å². The zero-order valence-corrected chi connectivity index (χ0v) is 12.0. The predicted octanol–water partition coefficient (Wildman–Crippen LogP) is 1.50. The molecule has 1 N–H and O–H groups in total. The number of benzene rings is 1. The quantitative estimate of drug-likeness (QED) is 0.654. The van der Waals surface area contributed by atoms with Crippen molar-refractivity contribution in [1.82, 2.24) is 4.90 Å². The monoisotopic (exact) mass is 293 g/mol. The highest BCUT2D eigenvalue weighted by molar-refractivity contribution is 5.66. The lowest BCUT2D eigenvalue weighted by atomic mass is 10.1. The number of aliphatic carboxylic acids is 1. The molecule has 2 rings (SSSR count). The average Bonchev–Trinajstić information content (AvgIpc) is 2.45. The SMILES string of the molecule is Cc1cc(N2CCN(CCC(=O)O)CC2)cc([N+](=O)[O-])c1. The van der Waals surface area contributed by atoms with Crippen LogP contribution in [-0.4, -0.2) is 53.6 Å². The Morgan fingerprint density at radius 1 is 1.29 bits per heavy atom. The molecule has 0 aliphatic carbocycles. The third-order valence-electron chi connectivity index (χ3n) is 3.64. The van der Waals surface area contributed by atoms with Crippen LogP contribution in [0.25, 0.3) is 0 Å². The molecule has 1 aromatic carbocycles. The first kappa shape index (κ1) is 15.2. The first-order valence-electron chi connectivity index (χ1n) is 6.91. The smallest absolute Gasteiger partial charge is 0.304 e. The van der Waals surface area contributed by atoms with E-state index in [1.165, 1.54) is 0 Å². The Morgan fingerprint density at radius 2 is 1.95 bits per heavy atom. The zero-order chi connectivity index (χ0) is 15.4. The maximum Gasteiger partial charge on any atom is 0.304 e. The Kier molecular flexibility index (Phi) is 4.74. The second-order valence-corrected chi connectivity index (χ2v) is 5.26. The van der Waals surface area contributed by atoms with Crippen LogP contribution in [0.1, 0.15) is 12.0 Å². The summed E-state index contributed by atoms with van der Waals surface area (Å²) in [4.78, 5) is 25.3. The van der Waals surface area contributed by atoms with Gasteiger partial charge in [-0.1, -0.05) is 0 Å². The number of carboxylic acid groups (broad SMARTS) is 1. The molecule has 0 atom stereocenters. The molecule has 1 fully saturated rings. The molecule has 1 saturated heterocycles. The lowest BCUT2D eigenvalue weighted by Crippen LogP contribution is -2.47. The second-order valence-electron chi connectivity index (χ2n) is 5.26. The van der Waals surface area contributed by atoms with Crippen molar-refractivity contribution in [3.63, 3.8) is 0 Å². The Morgan fingerprint density at radius 3 is 2.52 bits per heavy atom. The van der Waals surface area contributed by atoms with Gasteiger partial charge < -0.3 is 10.0 Å². The molecule has 0 amide bonds. The van der Waals surface area contributed by atoms with E-state index in [0.29, 0.717) is 6.54 Å². The average molecular weight is 293 g/mol. The van der Waals surface area contributed by atoms with Crippen molar-refractivity contribution in [2.24, 2.45) is 0 Å². The van der Waals surface area contributed by atoms with E-state index in [0.717, 1.165) is 37.4 Å². The van der Waals surface area contributed by atoms with E-state index in [1.807, 2.05) is 13.0 Å². The number of non-ortho nitro benzene ring substituents is 1. The summed E-state index contributed by atoms with van der Waals surface area (Å²) < 4.78 is 0. The minimum absolute atomic E-state index is 0.110. The molecule has 21 heavy (non-hydrogen) atoms. The van der Waals surface area contributed by atoms with Crippen molar-refractivity contribution in [1.29, 1.82) is 0 Å². The van der Waals surface area contributed by atoms with Crippen LogP contribution in [0.3, 0.4) is 0 Å². The van der Waals surface area contributed by atoms with Gasteiger partial charge in [-0.15, -0.1) is 0 Å². The van der Waals surface area contributed by atoms with E-state index >= 15 is 0 Å². The molecule has 0 radical (unpaired) electrons. The lowest BCUT2D eigenvalue weighted by Gasteiger charge is -2.35. The highest BCUT2D eigenvalue weighted by atomic mass is 16.6. The number of nitro benzene ring substituents is 1. The van der Waals surface area contributed by atoms with Gasteiger partial charge in [0.15, 0.2) is 0 Å². The molecule has 0 aromatic heterocycles. The summed E-state index contributed by atoms with van der Waals surface area (Å²) in [6, 6.07) is 5.10. The number of anilines is 1. The van der Waals surface area contributed by atoms with Gasteiger partial charge in [-0.3, -0.25) is 19.8 Å². The molecule has 1 aliphatic heterocycles.